The monoisotopic (exact) mass is 489 g/mol. The average molecular weight is 490 g/mol. The van der Waals surface area contributed by atoms with Gasteiger partial charge in [-0.05, 0) is 36.4 Å². The van der Waals surface area contributed by atoms with Crippen LogP contribution in [0.1, 0.15) is 22.3 Å². The molecule has 0 aliphatic carbocycles. The maximum Gasteiger partial charge on any atom is 0.231 e. The molecule has 0 saturated heterocycles. The molecule has 0 radical (unpaired) electrons. The van der Waals surface area contributed by atoms with Crippen LogP contribution < -0.4 is 9.47 Å². The van der Waals surface area contributed by atoms with Crippen LogP contribution in [-0.2, 0) is 13.1 Å². The number of benzene rings is 4. The molecular weight excluding hydrogens is 462 g/mol. The molecule has 6 nitrogen and oxygen atoms in total. The van der Waals surface area contributed by atoms with Crippen LogP contribution in [0.2, 0.25) is 0 Å². The molecule has 0 atom stereocenters. The first kappa shape index (κ1) is 22.9. The van der Waals surface area contributed by atoms with Crippen molar-refractivity contribution in [2.75, 3.05) is 13.8 Å². The normalized spacial score (nSPS) is 13.0. The third-order valence-electron chi connectivity index (χ3n) is 6.48. The molecule has 2 heterocycles. The lowest BCUT2D eigenvalue weighted by Crippen LogP contribution is -2.17. The molecule has 2 N–H and O–H groups in total. The van der Waals surface area contributed by atoms with Crippen molar-refractivity contribution in [3.8, 4) is 17.4 Å². The molecule has 0 amide bonds. The summed E-state index contributed by atoms with van der Waals surface area (Å²) in [4.78, 5) is 10.4. The Labute approximate surface area is 215 Å². The maximum absolute atomic E-state index is 11.0. The molecule has 37 heavy (non-hydrogen) atoms. The summed E-state index contributed by atoms with van der Waals surface area (Å²) < 4.78 is 11.1. The van der Waals surface area contributed by atoms with Crippen molar-refractivity contribution in [2.45, 2.75) is 13.1 Å². The highest BCUT2D eigenvalue weighted by atomic mass is 16.7. The fourth-order valence-corrected chi connectivity index (χ4v) is 4.74. The second kappa shape index (κ2) is 9.84. The van der Waals surface area contributed by atoms with Crippen molar-refractivity contribution in [3.63, 3.8) is 0 Å². The van der Waals surface area contributed by atoms with Gasteiger partial charge in [0, 0.05) is 30.1 Å². The number of aliphatic imine (C=N–C) groups is 1. The summed E-state index contributed by atoms with van der Waals surface area (Å²) in [7, 11) is 2.12. The second-order valence-corrected chi connectivity index (χ2v) is 9.25. The van der Waals surface area contributed by atoms with E-state index < -0.39 is 0 Å². The van der Waals surface area contributed by atoms with Crippen LogP contribution in [0.15, 0.2) is 102 Å². The average Bonchev–Trinajstić information content (AvgIpc) is 3.50. The van der Waals surface area contributed by atoms with Crippen LogP contribution >= 0.6 is 0 Å². The number of nitrogens with zero attached hydrogens (tertiary/aromatic N) is 2. The summed E-state index contributed by atoms with van der Waals surface area (Å²) in [6, 6.07) is 32.4. The molecule has 6 heteroatoms. The van der Waals surface area contributed by atoms with E-state index in [0.29, 0.717) is 22.8 Å². The van der Waals surface area contributed by atoms with Crippen LogP contribution in [0.3, 0.4) is 0 Å². The molecule has 1 aromatic heterocycles. The summed E-state index contributed by atoms with van der Waals surface area (Å²) >= 11 is 0. The standard InChI is InChI=1S/C31H27N3O3/c1-34(18-21-8-4-2-5-9-21)19-22-12-14-24(15-13-22)32-30(23-10-6-3-7-11-23)29-25-16-27-28(37-20-36-27)17-26(25)33-31(29)35/h2-17,33,35H,18-20H2,1H3. The highest BCUT2D eigenvalue weighted by Gasteiger charge is 2.23. The van der Waals surface area contributed by atoms with Gasteiger partial charge in [-0.2, -0.15) is 0 Å². The van der Waals surface area contributed by atoms with Gasteiger partial charge in [-0.1, -0.05) is 72.8 Å². The van der Waals surface area contributed by atoms with Crippen molar-refractivity contribution in [2.24, 2.45) is 4.99 Å². The number of rotatable bonds is 7. The van der Waals surface area contributed by atoms with E-state index in [2.05, 4.69) is 53.3 Å². The van der Waals surface area contributed by atoms with Crippen LogP contribution in [0.5, 0.6) is 17.4 Å². The number of nitrogens with one attached hydrogen (secondary N) is 1. The van der Waals surface area contributed by atoms with Crippen molar-refractivity contribution in [1.29, 1.82) is 0 Å². The molecule has 0 saturated carbocycles. The first-order valence-electron chi connectivity index (χ1n) is 12.2. The van der Waals surface area contributed by atoms with Gasteiger partial charge in [0.05, 0.1) is 22.5 Å². The number of hydrogen-bond acceptors (Lipinski definition) is 5. The number of fused-ring (bicyclic) bond motifs is 2. The van der Waals surface area contributed by atoms with Crippen LogP contribution in [-0.4, -0.2) is 34.5 Å². The van der Waals surface area contributed by atoms with E-state index in [1.165, 1.54) is 11.1 Å². The highest BCUT2D eigenvalue weighted by Crippen LogP contribution is 2.40. The van der Waals surface area contributed by atoms with Gasteiger partial charge in [0.1, 0.15) is 0 Å². The van der Waals surface area contributed by atoms with Crippen LogP contribution in [0.4, 0.5) is 5.69 Å². The predicted octanol–water partition coefficient (Wildman–Crippen LogP) is 6.40. The summed E-state index contributed by atoms with van der Waals surface area (Å²) in [5.74, 6) is 1.37. The molecule has 4 aromatic carbocycles. The van der Waals surface area contributed by atoms with E-state index in [1.807, 2.05) is 60.7 Å². The maximum atomic E-state index is 11.0. The van der Waals surface area contributed by atoms with Crippen molar-refractivity contribution < 1.29 is 14.6 Å². The van der Waals surface area contributed by atoms with Crippen LogP contribution in [0.25, 0.3) is 10.9 Å². The van der Waals surface area contributed by atoms with Crippen LogP contribution in [0, 0.1) is 0 Å². The van der Waals surface area contributed by atoms with Gasteiger partial charge in [0.25, 0.3) is 0 Å². The van der Waals surface area contributed by atoms with E-state index in [9.17, 15) is 5.11 Å². The molecule has 1 aliphatic heterocycles. The molecule has 5 aromatic rings. The Bertz CT molecular complexity index is 1560. The first-order chi connectivity index (χ1) is 18.1. The van der Waals surface area contributed by atoms with Gasteiger partial charge in [-0.15, -0.1) is 0 Å². The van der Waals surface area contributed by atoms with Gasteiger partial charge in [-0.3, -0.25) is 4.90 Å². The smallest absolute Gasteiger partial charge is 0.231 e. The fourth-order valence-electron chi connectivity index (χ4n) is 4.74. The fraction of sp³-hybridized carbons (Fsp3) is 0.129. The number of aromatic nitrogens is 1. The number of hydrogen-bond donors (Lipinski definition) is 2. The number of aromatic amines is 1. The SMILES string of the molecule is CN(Cc1ccccc1)Cc1ccc(N=C(c2ccccc2)c2c(O)[nH]c3cc4c(cc23)OCO4)cc1. The molecule has 0 fully saturated rings. The lowest BCUT2D eigenvalue weighted by Gasteiger charge is -2.17. The summed E-state index contributed by atoms with van der Waals surface area (Å²) in [6.07, 6.45) is 0. The molecule has 0 bridgehead atoms. The van der Waals surface area contributed by atoms with E-state index >= 15 is 0 Å². The Kier molecular flexibility index (Phi) is 6.08. The first-order valence-corrected chi connectivity index (χ1v) is 12.2. The zero-order valence-corrected chi connectivity index (χ0v) is 20.5. The Morgan fingerprint density at radius 1 is 0.838 bits per heavy atom. The third-order valence-corrected chi connectivity index (χ3v) is 6.48. The van der Waals surface area contributed by atoms with E-state index in [-0.39, 0.29) is 12.7 Å². The van der Waals surface area contributed by atoms with Gasteiger partial charge in [-0.25, -0.2) is 4.99 Å². The number of H-pyrrole nitrogens is 1. The minimum absolute atomic E-state index is 0.0560. The molecule has 6 rings (SSSR count). The van der Waals surface area contributed by atoms with E-state index in [0.717, 1.165) is 35.2 Å². The zero-order chi connectivity index (χ0) is 25.2. The van der Waals surface area contributed by atoms with Crippen molar-refractivity contribution in [1.82, 2.24) is 9.88 Å². The third kappa shape index (κ3) is 4.79. The minimum atomic E-state index is 0.0560. The lowest BCUT2D eigenvalue weighted by atomic mass is 10.0. The topological polar surface area (TPSA) is 70.1 Å². The quantitative estimate of drug-likeness (QED) is 0.260. The van der Waals surface area contributed by atoms with E-state index in [1.54, 1.807) is 0 Å². The summed E-state index contributed by atoms with van der Waals surface area (Å²) in [6.45, 7) is 1.91. The van der Waals surface area contributed by atoms with E-state index in [4.69, 9.17) is 14.5 Å². The lowest BCUT2D eigenvalue weighted by molar-refractivity contribution is 0.174. The molecule has 0 spiro atoms. The van der Waals surface area contributed by atoms with Crippen molar-refractivity contribution in [3.05, 3.63) is 119 Å². The Hall–Kier alpha value is -4.55. The Morgan fingerprint density at radius 2 is 1.46 bits per heavy atom. The largest absolute Gasteiger partial charge is 0.494 e. The zero-order valence-electron chi connectivity index (χ0n) is 20.5. The van der Waals surface area contributed by atoms with Gasteiger partial charge in [0.15, 0.2) is 17.4 Å². The number of ether oxygens (including phenoxy) is 2. The molecular formula is C31H27N3O3. The summed E-state index contributed by atoms with van der Waals surface area (Å²) in [5.41, 5.74) is 6.28. The Balaban J connectivity index is 1.33. The Morgan fingerprint density at radius 3 is 2.16 bits per heavy atom. The summed E-state index contributed by atoms with van der Waals surface area (Å²) in [5, 5.41) is 11.8. The molecule has 0 unspecified atom stereocenters. The molecule has 1 aliphatic rings. The number of aromatic hydroxyl groups is 1. The minimum Gasteiger partial charge on any atom is -0.494 e. The molecule has 184 valence electrons. The highest BCUT2D eigenvalue weighted by molar-refractivity contribution is 6.22. The van der Waals surface area contributed by atoms with Gasteiger partial charge in [0.2, 0.25) is 6.79 Å². The predicted molar refractivity (Wildman–Crippen MR) is 146 cm³/mol. The van der Waals surface area contributed by atoms with Gasteiger partial charge >= 0.3 is 0 Å². The van der Waals surface area contributed by atoms with Gasteiger partial charge < -0.3 is 19.6 Å². The second-order valence-electron chi connectivity index (χ2n) is 9.25. The van der Waals surface area contributed by atoms with Crippen molar-refractivity contribution >= 4 is 22.3 Å².